The van der Waals surface area contributed by atoms with E-state index in [4.69, 9.17) is 0 Å². The summed E-state index contributed by atoms with van der Waals surface area (Å²) in [5.41, 5.74) is 2.98. The van der Waals surface area contributed by atoms with Crippen LogP contribution in [-0.2, 0) is 0 Å². The standard InChI is InChI=1S/C10H15/c1-3-4-7-10-8-5-6-9(10)2/h5-6,8H,3-4,7H2,1-2H3. The van der Waals surface area contributed by atoms with E-state index in [0.29, 0.717) is 0 Å². The lowest BCUT2D eigenvalue weighted by Gasteiger charge is -1.99. The second-order valence-corrected chi connectivity index (χ2v) is 2.84. The van der Waals surface area contributed by atoms with Crippen LogP contribution in [0.4, 0.5) is 0 Å². The Labute approximate surface area is 63.6 Å². The van der Waals surface area contributed by atoms with E-state index < -0.39 is 0 Å². The highest BCUT2D eigenvalue weighted by atomic mass is 14.1. The Morgan fingerprint density at radius 2 is 2.20 bits per heavy atom. The topological polar surface area (TPSA) is 0 Å². The van der Waals surface area contributed by atoms with Crippen LogP contribution in [0, 0.1) is 6.42 Å². The number of rotatable bonds is 3. The molecular weight excluding hydrogens is 120 g/mol. The van der Waals surface area contributed by atoms with Gasteiger partial charge in [-0.25, -0.2) is 0 Å². The van der Waals surface area contributed by atoms with Crippen molar-refractivity contribution in [1.82, 2.24) is 0 Å². The minimum atomic E-state index is 1.26. The van der Waals surface area contributed by atoms with Crippen molar-refractivity contribution in [2.45, 2.75) is 33.1 Å². The summed E-state index contributed by atoms with van der Waals surface area (Å²) in [4.78, 5) is 0. The van der Waals surface area contributed by atoms with E-state index in [1.54, 1.807) is 0 Å². The third kappa shape index (κ3) is 1.73. The molecule has 1 rings (SSSR count). The molecule has 0 fully saturated rings. The normalized spacial score (nSPS) is 17.0. The fourth-order valence-electron chi connectivity index (χ4n) is 1.19. The predicted octanol–water partition coefficient (Wildman–Crippen LogP) is 3.27. The monoisotopic (exact) mass is 135 g/mol. The molecule has 1 aliphatic carbocycles. The van der Waals surface area contributed by atoms with Gasteiger partial charge in [-0.1, -0.05) is 31.1 Å². The molecule has 0 bridgehead atoms. The molecule has 0 aromatic rings. The molecule has 55 valence electrons. The van der Waals surface area contributed by atoms with Crippen molar-refractivity contribution in [2.24, 2.45) is 0 Å². The maximum Gasteiger partial charge on any atom is 0.00835 e. The predicted molar refractivity (Wildman–Crippen MR) is 45.7 cm³/mol. The van der Waals surface area contributed by atoms with Gasteiger partial charge in [-0.2, -0.15) is 0 Å². The lowest BCUT2D eigenvalue weighted by atomic mass is 10.1. The Bertz CT molecular complexity index is 161. The van der Waals surface area contributed by atoms with Crippen molar-refractivity contribution in [1.29, 1.82) is 0 Å². The molecule has 0 atom stereocenters. The summed E-state index contributed by atoms with van der Waals surface area (Å²) in [6.45, 7) is 4.42. The summed E-state index contributed by atoms with van der Waals surface area (Å²) < 4.78 is 0. The quantitative estimate of drug-likeness (QED) is 0.557. The molecule has 0 heteroatoms. The molecule has 0 saturated heterocycles. The van der Waals surface area contributed by atoms with Crippen LogP contribution < -0.4 is 0 Å². The first-order valence-electron chi connectivity index (χ1n) is 4.05. The third-order valence-electron chi connectivity index (χ3n) is 1.95. The number of allylic oxidation sites excluding steroid dienone is 4. The molecule has 0 unspecified atom stereocenters. The molecule has 1 aliphatic rings. The molecule has 0 aliphatic heterocycles. The van der Waals surface area contributed by atoms with Crippen LogP contribution in [-0.4, -0.2) is 0 Å². The highest BCUT2D eigenvalue weighted by molar-refractivity contribution is 5.40. The smallest absolute Gasteiger partial charge is 0.00835 e. The van der Waals surface area contributed by atoms with Gasteiger partial charge in [0.05, 0.1) is 0 Å². The van der Waals surface area contributed by atoms with Gasteiger partial charge in [-0.05, 0) is 25.3 Å². The maximum absolute atomic E-state index is 2.23. The zero-order valence-corrected chi connectivity index (χ0v) is 6.85. The van der Waals surface area contributed by atoms with Crippen molar-refractivity contribution in [3.63, 3.8) is 0 Å². The maximum atomic E-state index is 2.23. The van der Waals surface area contributed by atoms with Crippen LogP contribution in [0.5, 0.6) is 0 Å². The van der Waals surface area contributed by atoms with E-state index in [2.05, 4.69) is 32.4 Å². The summed E-state index contributed by atoms with van der Waals surface area (Å²) in [5, 5.41) is 0. The van der Waals surface area contributed by atoms with Gasteiger partial charge in [0.25, 0.3) is 0 Å². The minimum absolute atomic E-state index is 1.26. The highest BCUT2D eigenvalue weighted by Gasteiger charge is 2.02. The van der Waals surface area contributed by atoms with Gasteiger partial charge in [-0.15, -0.1) is 0 Å². The van der Waals surface area contributed by atoms with Crippen LogP contribution in [0.25, 0.3) is 0 Å². The first-order chi connectivity index (χ1) is 4.84. The van der Waals surface area contributed by atoms with E-state index in [-0.39, 0.29) is 0 Å². The van der Waals surface area contributed by atoms with E-state index in [0.717, 1.165) is 0 Å². The zero-order valence-electron chi connectivity index (χ0n) is 6.85. The Kier molecular flexibility index (Phi) is 2.73. The molecule has 1 radical (unpaired) electrons. The highest BCUT2D eigenvalue weighted by Crippen LogP contribution is 2.21. The molecule has 0 amide bonds. The van der Waals surface area contributed by atoms with Crippen molar-refractivity contribution < 1.29 is 0 Å². The van der Waals surface area contributed by atoms with Gasteiger partial charge in [-0.3, -0.25) is 0 Å². The van der Waals surface area contributed by atoms with E-state index in [9.17, 15) is 0 Å². The summed E-state index contributed by atoms with van der Waals surface area (Å²) in [7, 11) is 0. The average Bonchev–Trinajstić information content (AvgIpc) is 2.31. The molecule has 0 nitrogen and oxygen atoms in total. The average molecular weight is 135 g/mol. The van der Waals surface area contributed by atoms with E-state index in [1.807, 2.05) is 0 Å². The first kappa shape index (κ1) is 7.59. The molecule has 10 heavy (non-hydrogen) atoms. The van der Waals surface area contributed by atoms with Crippen molar-refractivity contribution in [3.05, 3.63) is 29.7 Å². The summed E-state index contributed by atoms with van der Waals surface area (Å²) in [6.07, 6.45) is 10.4. The Balaban J connectivity index is 2.38. The van der Waals surface area contributed by atoms with Crippen LogP contribution in [0.1, 0.15) is 33.1 Å². The largest absolute Gasteiger partial charge is 0.0761 e. The SMILES string of the molecule is CCCCC1=C(C)[CH]C=C1. The van der Waals surface area contributed by atoms with E-state index in [1.165, 1.54) is 30.4 Å². The Hall–Kier alpha value is -0.520. The van der Waals surface area contributed by atoms with Crippen LogP contribution in [0.2, 0.25) is 0 Å². The van der Waals surface area contributed by atoms with Crippen LogP contribution >= 0.6 is 0 Å². The molecule has 0 aromatic heterocycles. The van der Waals surface area contributed by atoms with Gasteiger partial charge in [0.2, 0.25) is 0 Å². The lowest BCUT2D eigenvalue weighted by Crippen LogP contribution is -1.80. The number of unbranched alkanes of at least 4 members (excludes halogenated alkanes) is 1. The van der Waals surface area contributed by atoms with Crippen molar-refractivity contribution in [2.75, 3.05) is 0 Å². The Morgan fingerprint density at radius 3 is 2.70 bits per heavy atom. The molecular formula is C10H15. The number of hydrogen-bond donors (Lipinski definition) is 0. The van der Waals surface area contributed by atoms with Gasteiger partial charge < -0.3 is 0 Å². The van der Waals surface area contributed by atoms with Crippen LogP contribution in [0.15, 0.2) is 23.3 Å². The summed E-state index contributed by atoms with van der Waals surface area (Å²) in [5.74, 6) is 0. The Morgan fingerprint density at radius 1 is 1.40 bits per heavy atom. The second-order valence-electron chi connectivity index (χ2n) is 2.84. The van der Waals surface area contributed by atoms with Gasteiger partial charge in [0.1, 0.15) is 0 Å². The summed E-state index contributed by atoms with van der Waals surface area (Å²) in [6, 6.07) is 0. The molecule has 0 aromatic carbocycles. The van der Waals surface area contributed by atoms with Crippen LogP contribution in [0.3, 0.4) is 0 Å². The lowest BCUT2D eigenvalue weighted by molar-refractivity contribution is 0.795. The molecule has 0 N–H and O–H groups in total. The third-order valence-corrected chi connectivity index (χ3v) is 1.95. The fourth-order valence-corrected chi connectivity index (χ4v) is 1.19. The van der Waals surface area contributed by atoms with E-state index >= 15 is 0 Å². The summed E-state index contributed by atoms with van der Waals surface area (Å²) >= 11 is 0. The minimum Gasteiger partial charge on any atom is -0.0761 e. The fraction of sp³-hybridized carbons (Fsp3) is 0.500. The second kappa shape index (κ2) is 3.60. The van der Waals surface area contributed by atoms with Gasteiger partial charge >= 0.3 is 0 Å². The molecule has 0 spiro atoms. The van der Waals surface area contributed by atoms with Gasteiger partial charge in [0, 0.05) is 6.42 Å². The van der Waals surface area contributed by atoms with Gasteiger partial charge in [0.15, 0.2) is 0 Å². The molecule has 0 saturated carbocycles. The molecule has 0 heterocycles. The zero-order chi connectivity index (χ0) is 7.40. The first-order valence-corrected chi connectivity index (χ1v) is 4.05. The number of hydrogen-bond acceptors (Lipinski definition) is 0. The van der Waals surface area contributed by atoms with Crippen molar-refractivity contribution in [3.8, 4) is 0 Å². The van der Waals surface area contributed by atoms with Crippen molar-refractivity contribution >= 4 is 0 Å².